The summed E-state index contributed by atoms with van der Waals surface area (Å²) in [5.74, 6) is -0.330. The molecule has 0 aliphatic carbocycles. The number of esters is 1. The quantitative estimate of drug-likeness (QED) is 0.0855. The number of H-pyrrole nitrogens is 2. The number of hydrogen-bond donors (Lipinski definition) is 2. The van der Waals surface area contributed by atoms with Crippen LogP contribution in [0.25, 0.3) is 55.3 Å². The molecule has 0 spiro atoms. The minimum absolute atomic E-state index is 0.000909. The number of nitrogens with zero attached hydrogens (tertiary/aromatic N) is 5. The average Bonchev–Trinajstić information content (AvgIpc) is 3.96. The lowest BCUT2D eigenvalue weighted by molar-refractivity contribution is 0.0520. The zero-order valence-electron chi connectivity index (χ0n) is 33.4. The van der Waals surface area contributed by atoms with E-state index >= 15 is 0 Å². The van der Waals surface area contributed by atoms with E-state index in [0.29, 0.717) is 49.4 Å². The number of pyridine rings is 5. The van der Waals surface area contributed by atoms with Gasteiger partial charge < -0.3 is 14.7 Å². The van der Waals surface area contributed by atoms with Crippen molar-refractivity contribution in [3.63, 3.8) is 0 Å². The Hall–Kier alpha value is -7.92. The van der Waals surface area contributed by atoms with Crippen molar-refractivity contribution in [3.05, 3.63) is 187 Å². The molecule has 0 saturated carbocycles. The molecule has 9 rings (SSSR count). The van der Waals surface area contributed by atoms with Crippen molar-refractivity contribution in [2.45, 2.75) is 32.6 Å². The Morgan fingerprint density at radius 2 is 0.951 bits per heavy atom. The molecular formula is C50H41N7O4. The molecule has 11 nitrogen and oxygen atoms in total. The molecule has 0 bridgehead atoms. The molecule has 11 heteroatoms. The number of nitrogens with one attached hydrogen (secondary N) is 2. The van der Waals surface area contributed by atoms with Crippen molar-refractivity contribution in [2.75, 3.05) is 6.61 Å². The molecule has 300 valence electrons. The first-order chi connectivity index (χ1) is 29.9. The van der Waals surface area contributed by atoms with Gasteiger partial charge in [0.15, 0.2) is 11.6 Å². The summed E-state index contributed by atoms with van der Waals surface area (Å²) in [4.78, 5) is 64.4. The van der Waals surface area contributed by atoms with Crippen LogP contribution in [0.2, 0.25) is 0 Å². The van der Waals surface area contributed by atoms with E-state index in [1.54, 1.807) is 62.6 Å². The van der Waals surface area contributed by atoms with Crippen molar-refractivity contribution < 1.29 is 19.1 Å². The van der Waals surface area contributed by atoms with E-state index in [9.17, 15) is 14.4 Å². The third kappa shape index (κ3) is 9.86. The minimum atomic E-state index is -0.374. The molecule has 61 heavy (non-hydrogen) atoms. The van der Waals surface area contributed by atoms with Gasteiger partial charge in [0.1, 0.15) is 17.1 Å². The van der Waals surface area contributed by atoms with Gasteiger partial charge in [-0.3, -0.25) is 34.5 Å². The van der Waals surface area contributed by atoms with E-state index in [1.807, 2.05) is 78.9 Å². The highest BCUT2D eigenvalue weighted by atomic mass is 16.5. The number of carbonyl (C=O) groups is 3. The first kappa shape index (κ1) is 39.9. The second-order valence-electron chi connectivity index (χ2n) is 14.3. The molecule has 0 aliphatic heterocycles. The van der Waals surface area contributed by atoms with Gasteiger partial charge in [-0.2, -0.15) is 0 Å². The van der Waals surface area contributed by atoms with E-state index < -0.39 is 0 Å². The normalized spacial score (nSPS) is 10.9. The van der Waals surface area contributed by atoms with E-state index in [1.165, 1.54) is 0 Å². The van der Waals surface area contributed by atoms with Crippen LogP contribution in [0, 0.1) is 0 Å². The number of carbonyl (C=O) groups excluding carboxylic acids is 3. The third-order valence-corrected chi connectivity index (χ3v) is 10.3. The maximum Gasteiger partial charge on any atom is 0.354 e. The summed E-state index contributed by atoms with van der Waals surface area (Å²) in [7, 11) is 0. The topological polar surface area (TPSA) is 156 Å². The van der Waals surface area contributed by atoms with Gasteiger partial charge in [-0.15, -0.1) is 0 Å². The summed E-state index contributed by atoms with van der Waals surface area (Å²) >= 11 is 0. The molecule has 9 aromatic rings. The van der Waals surface area contributed by atoms with E-state index in [0.717, 1.165) is 66.4 Å². The van der Waals surface area contributed by atoms with Gasteiger partial charge in [0, 0.05) is 95.5 Å². The molecule has 7 aromatic heterocycles. The van der Waals surface area contributed by atoms with E-state index in [2.05, 4.69) is 59.2 Å². The van der Waals surface area contributed by atoms with Gasteiger partial charge in [-0.25, -0.2) is 4.79 Å². The smallest absolute Gasteiger partial charge is 0.354 e. The lowest BCUT2D eigenvalue weighted by atomic mass is 10.0. The number of rotatable bonds is 13. The van der Waals surface area contributed by atoms with E-state index in [-0.39, 0.29) is 17.5 Å². The van der Waals surface area contributed by atoms with E-state index in [4.69, 9.17) is 4.74 Å². The highest BCUT2D eigenvalue weighted by molar-refractivity contribution is 5.98. The predicted molar refractivity (Wildman–Crippen MR) is 236 cm³/mol. The summed E-state index contributed by atoms with van der Waals surface area (Å²) in [5, 5.41) is 2.02. The summed E-state index contributed by atoms with van der Waals surface area (Å²) in [5.41, 5.74) is 11.5. The molecule has 7 heterocycles. The number of fused-ring (bicyclic) bond motifs is 2. The van der Waals surface area contributed by atoms with Crippen LogP contribution in [0.3, 0.4) is 0 Å². The molecule has 0 atom stereocenters. The number of Topliss-reactive ketones (excluding diaryl/α,β-unsaturated/α-hetero) is 2. The number of benzene rings is 2. The van der Waals surface area contributed by atoms with Crippen LogP contribution in [0.4, 0.5) is 0 Å². The van der Waals surface area contributed by atoms with Gasteiger partial charge >= 0.3 is 5.97 Å². The SMILES string of the molecule is CCOC(=O)c1cc2cc(-c3ccnc(C(=O)CCc4ccncc4)c3)ccc2[nH]1.O=C(CCc1ccncc1)c1cc(-c2ccc3[nH]c(-c4ccncc4)cc3c2)ccn1. The fraction of sp³-hybridized carbons (Fsp3) is 0.120. The van der Waals surface area contributed by atoms with Gasteiger partial charge in [-0.1, -0.05) is 12.1 Å². The molecule has 0 aliphatic rings. The zero-order chi connectivity index (χ0) is 42.0. The summed E-state index contributed by atoms with van der Waals surface area (Å²) in [6.07, 6.45) is 16.0. The average molecular weight is 804 g/mol. The summed E-state index contributed by atoms with van der Waals surface area (Å²) < 4.78 is 5.05. The Morgan fingerprint density at radius 3 is 1.48 bits per heavy atom. The Labute approximate surface area is 352 Å². The largest absolute Gasteiger partial charge is 0.461 e. The van der Waals surface area contributed by atoms with Crippen molar-refractivity contribution in [1.29, 1.82) is 0 Å². The molecule has 0 saturated heterocycles. The van der Waals surface area contributed by atoms with Gasteiger partial charge in [0.25, 0.3) is 0 Å². The van der Waals surface area contributed by atoms with Crippen LogP contribution in [0.1, 0.15) is 62.4 Å². The molecule has 0 amide bonds. The van der Waals surface area contributed by atoms with Gasteiger partial charge in [0.05, 0.1) is 6.61 Å². The number of hydrogen-bond acceptors (Lipinski definition) is 9. The number of ether oxygens (including phenoxy) is 1. The van der Waals surface area contributed by atoms with Crippen LogP contribution >= 0.6 is 0 Å². The van der Waals surface area contributed by atoms with Gasteiger partial charge in [0.2, 0.25) is 0 Å². The fourth-order valence-electron chi connectivity index (χ4n) is 7.03. The molecule has 2 aromatic carbocycles. The Kier molecular flexibility index (Phi) is 12.3. The Balaban J connectivity index is 0.000000169. The molecule has 2 N–H and O–H groups in total. The lowest BCUT2D eigenvalue weighted by Gasteiger charge is -2.05. The molecular weight excluding hydrogens is 763 g/mol. The third-order valence-electron chi connectivity index (χ3n) is 10.3. The second kappa shape index (κ2) is 18.8. The number of aromatic amines is 2. The van der Waals surface area contributed by atoms with Crippen LogP contribution < -0.4 is 0 Å². The first-order valence-corrected chi connectivity index (χ1v) is 20.0. The molecule has 0 fully saturated rings. The Morgan fingerprint density at radius 1 is 0.492 bits per heavy atom. The Bertz CT molecular complexity index is 2950. The maximum atomic E-state index is 12.7. The van der Waals surface area contributed by atoms with Crippen LogP contribution in [0.15, 0.2) is 159 Å². The molecule has 0 radical (unpaired) electrons. The van der Waals surface area contributed by atoms with Crippen molar-refractivity contribution in [2.24, 2.45) is 0 Å². The highest BCUT2D eigenvalue weighted by Gasteiger charge is 2.14. The number of aromatic nitrogens is 7. The highest BCUT2D eigenvalue weighted by Crippen LogP contribution is 2.29. The van der Waals surface area contributed by atoms with Gasteiger partial charge in [-0.05, 0) is 150 Å². The van der Waals surface area contributed by atoms with Crippen molar-refractivity contribution in [1.82, 2.24) is 34.9 Å². The lowest BCUT2D eigenvalue weighted by Crippen LogP contribution is -2.04. The van der Waals surface area contributed by atoms with Crippen molar-refractivity contribution >= 4 is 39.3 Å². The second-order valence-corrected chi connectivity index (χ2v) is 14.3. The van der Waals surface area contributed by atoms with Crippen molar-refractivity contribution in [3.8, 4) is 33.5 Å². The standard InChI is InChI=1S/C26H20N4O.C24H21N3O3/c31-26(4-1-18-5-10-27-11-6-18)25-16-21(9-14-29-25)20-2-3-23-22(15-20)17-24(30-23)19-7-12-28-13-8-19;1-2-30-24(29)22-15-19-13-17(4-5-20(19)27-22)18-9-12-26-21(14-18)23(28)6-3-16-7-10-25-11-8-16/h2-3,5-17,30H,1,4H2;4-5,7-15,27H,2-3,6H2,1H3. The molecule has 0 unspecified atom stereocenters. The monoisotopic (exact) mass is 803 g/mol. The fourth-order valence-corrected chi connectivity index (χ4v) is 7.03. The first-order valence-electron chi connectivity index (χ1n) is 20.0. The maximum absolute atomic E-state index is 12.7. The van der Waals surface area contributed by atoms with Crippen LogP contribution in [-0.2, 0) is 17.6 Å². The minimum Gasteiger partial charge on any atom is -0.461 e. The zero-order valence-corrected chi connectivity index (χ0v) is 33.4. The number of ketones is 2. The van der Waals surface area contributed by atoms with Crippen LogP contribution in [0.5, 0.6) is 0 Å². The summed E-state index contributed by atoms with van der Waals surface area (Å²) in [6, 6.07) is 35.2. The number of aryl methyl sites for hydroxylation is 2. The predicted octanol–water partition coefficient (Wildman–Crippen LogP) is 10.1. The summed E-state index contributed by atoms with van der Waals surface area (Å²) in [6.45, 7) is 2.10. The van der Waals surface area contributed by atoms with Crippen LogP contribution in [-0.4, -0.2) is 59.0 Å².